The van der Waals surface area contributed by atoms with Crippen LogP contribution in [0.4, 0.5) is 30.5 Å². The third-order valence-corrected chi connectivity index (χ3v) is 6.80. The third kappa shape index (κ3) is 5.10. The van der Waals surface area contributed by atoms with Gasteiger partial charge in [-0.1, -0.05) is 0 Å². The molecule has 4 heterocycles. The lowest BCUT2D eigenvalue weighted by atomic mass is 9.72. The number of aryl methyl sites for hydroxylation is 1. The van der Waals surface area contributed by atoms with Crippen LogP contribution in [0.5, 0.6) is 0 Å². The third-order valence-electron chi connectivity index (χ3n) is 6.80. The zero-order valence-corrected chi connectivity index (χ0v) is 20.3. The maximum atomic E-state index is 13.3. The summed E-state index contributed by atoms with van der Waals surface area (Å²) in [5.74, 6) is -0.265. The van der Waals surface area contributed by atoms with Crippen molar-refractivity contribution in [2.75, 3.05) is 28.6 Å². The Labute approximate surface area is 214 Å². The molecule has 0 bridgehead atoms. The number of rotatable bonds is 6. The molecule has 1 saturated heterocycles. The predicted molar refractivity (Wildman–Crippen MR) is 128 cm³/mol. The van der Waals surface area contributed by atoms with Gasteiger partial charge in [0.05, 0.1) is 11.6 Å². The van der Waals surface area contributed by atoms with Gasteiger partial charge in [0.1, 0.15) is 30.1 Å². The number of oxazole rings is 1. The van der Waals surface area contributed by atoms with Gasteiger partial charge in [0.15, 0.2) is 11.5 Å². The van der Waals surface area contributed by atoms with Crippen molar-refractivity contribution in [2.24, 2.45) is 12.5 Å². The van der Waals surface area contributed by atoms with Crippen LogP contribution in [0.25, 0.3) is 11.5 Å². The standard InChI is InChI=1S/C24H24F3N7O4/c1-33-11-16(19(32-33)34-9-7-23(22(34)37)5-2-15(35)3-6-23)30-20(36)17-12-38-21(31-17)14-4-8-28-18(10-14)29-13-24(25,26)27/h4,8,10-12H,2-3,5-7,9,13H2,1H3,(H,28,29)(H,30,36). The van der Waals surface area contributed by atoms with E-state index in [-0.39, 0.29) is 29.1 Å². The van der Waals surface area contributed by atoms with Crippen LogP contribution in [0, 0.1) is 5.41 Å². The number of halogens is 3. The van der Waals surface area contributed by atoms with Crippen LogP contribution in [0.3, 0.4) is 0 Å². The largest absolute Gasteiger partial charge is 0.444 e. The number of nitrogens with one attached hydrogen (secondary N) is 2. The molecule has 2 aliphatic rings. The highest BCUT2D eigenvalue weighted by Crippen LogP contribution is 2.46. The van der Waals surface area contributed by atoms with Gasteiger partial charge in [0.25, 0.3) is 5.91 Å². The molecule has 38 heavy (non-hydrogen) atoms. The molecule has 2 amide bonds. The summed E-state index contributed by atoms with van der Waals surface area (Å²) in [6, 6.07) is 2.81. The lowest BCUT2D eigenvalue weighted by Gasteiger charge is -2.30. The zero-order chi connectivity index (χ0) is 27.1. The molecule has 2 fully saturated rings. The second kappa shape index (κ2) is 9.58. The molecule has 5 rings (SSSR count). The van der Waals surface area contributed by atoms with Crippen LogP contribution in [0.15, 0.2) is 35.2 Å². The van der Waals surface area contributed by atoms with Gasteiger partial charge in [0.2, 0.25) is 11.8 Å². The summed E-state index contributed by atoms with van der Waals surface area (Å²) in [5, 5.41) is 9.27. The number of amides is 2. The number of Topliss-reactive ketones (excluding diaryl/α,β-unsaturated/α-hetero) is 1. The fourth-order valence-electron chi connectivity index (χ4n) is 4.81. The molecule has 3 aromatic rings. The number of alkyl halides is 3. The molecule has 0 unspecified atom stereocenters. The number of ketones is 1. The molecule has 3 aromatic heterocycles. The Morgan fingerprint density at radius 2 is 1.97 bits per heavy atom. The van der Waals surface area contributed by atoms with E-state index in [0.29, 0.717) is 55.7 Å². The average Bonchev–Trinajstić information content (AvgIpc) is 3.58. The second-order valence-electron chi connectivity index (χ2n) is 9.46. The molecule has 1 spiro atoms. The van der Waals surface area contributed by atoms with E-state index in [0.717, 1.165) is 6.26 Å². The van der Waals surface area contributed by atoms with Crippen molar-refractivity contribution in [3.63, 3.8) is 0 Å². The molecule has 2 N–H and O–H groups in total. The number of carbonyl (C=O) groups is 3. The van der Waals surface area contributed by atoms with Gasteiger partial charge in [-0.05, 0) is 31.4 Å². The van der Waals surface area contributed by atoms with E-state index in [9.17, 15) is 27.6 Å². The fourth-order valence-corrected chi connectivity index (χ4v) is 4.81. The summed E-state index contributed by atoms with van der Waals surface area (Å²) >= 11 is 0. The second-order valence-corrected chi connectivity index (χ2v) is 9.46. The molecule has 200 valence electrons. The minimum Gasteiger partial charge on any atom is -0.444 e. The summed E-state index contributed by atoms with van der Waals surface area (Å²) < 4.78 is 44.3. The lowest BCUT2D eigenvalue weighted by Crippen LogP contribution is -2.38. The van der Waals surface area contributed by atoms with Crippen LogP contribution in [-0.4, -0.2) is 56.6 Å². The molecule has 1 aliphatic heterocycles. The molecular weight excluding hydrogens is 507 g/mol. The minimum atomic E-state index is -4.41. The Morgan fingerprint density at radius 1 is 1.21 bits per heavy atom. The summed E-state index contributed by atoms with van der Waals surface area (Å²) in [4.78, 5) is 47.6. The van der Waals surface area contributed by atoms with Gasteiger partial charge in [0, 0.05) is 38.2 Å². The number of anilines is 3. The first-order valence-corrected chi connectivity index (χ1v) is 11.9. The summed E-state index contributed by atoms with van der Waals surface area (Å²) in [7, 11) is 1.66. The molecule has 0 atom stereocenters. The number of hydrogen-bond acceptors (Lipinski definition) is 8. The van der Waals surface area contributed by atoms with Crippen molar-refractivity contribution in [1.82, 2.24) is 19.7 Å². The first kappa shape index (κ1) is 25.4. The highest BCUT2D eigenvalue weighted by molar-refractivity contribution is 6.07. The van der Waals surface area contributed by atoms with E-state index in [4.69, 9.17) is 4.42 Å². The highest BCUT2D eigenvalue weighted by atomic mass is 19.4. The van der Waals surface area contributed by atoms with Gasteiger partial charge in [-0.2, -0.15) is 18.3 Å². The summed E-state index contributed by atoms with van der Waals surface area (Å²) in [6.45, 7) is -0.831. The quantitative estimate of drug-likeness (QED) is 0.493. The van der Waals surface area contributed by atoms with Gasteiger partial charge in [-0.25, -0.2) is 9.97 Å². The molecule has 1 saturated carbocycles. The maximum absolute atomic E-state index is 13.3. The number of hydrogen-bond donors (Lipinski definition) is 2. The normalized spacial score (nSPS) is 17.3. The molecular formula is C24H24F3N7O4. The lowest BCUT2D eigenvalue weighted by molar-refractivity contribution is -0.131. The Balaban J connectivity index is 1.30. The fraction of sp³-hybridized carbons (Fsp3) is 0.417. The van der Waals surface area contributed by atoms with Gasteiger partial charge >= 0.3 is 6.18 Å². The van der Waals surface area contributed by atoms with Crippen LogP contribution in [-0.2, 0) is 16.6 Å². The Bertz CT molecular complexity index is 1390. The van der Waals surface area contributed by atoms with Gasteiger partial charge < -0.3 is 15.1 Å². The predicted octanol–water partition coefficient (Wildman–Crippen LogP) is 3.56. The average molecular weight is 531 g/mol. The van der Waals surface area contributed by atoms with E-state index >= 15 is 0 Å². The molecule has 0 radical (unpaired) electrons. The first-order chi connectivity index (χ1) is 18.0. The topological polar surface area (TPSA) is 135 Å². The van der Waals surface area contributed by atoms with Gasteiger partial charge in [-0.15, -0.1) is 0 Å². The number of aromatic nitrogens is 4. The van der Waals surface area contributed by atoms with E-state index in [1.165, 1.54) is 23.0 Å². The van der Waals surface area contributed by atoms with E-state index in [1.54, 1.807) is 18.1 Å². The zero-order valence-electron chi connectivity index (χ0n) is 20.3. The van der Waals surface area contributed by atoms with Crippen molar-refractivity contribution in [1.29, 1.82) is 0 Å². The number of pyridine rings is 1. The van der Waals surface area contributed by atoms with Crippen molar-refractivity contribution in [2.45, 2.75) is 38.3 Å². The minimum absolute atomic E-state index is 0.0162. The molecule has 11 nitrogen and oxygen atoms in total. The maximum Gasteiger partial charge on any atom is 0.405 e. The van der Waals surface area contributed by atoms with Crippen LogP contribution in [0.2, 0.25) is 0 Å². The SMILES string of the molecule is Cn1cc(NC(=O)c2coc(-c3ccnc(NCC(F)(F)F)c3)n2)c(N2CCC3(CCC(=O)CC3)C2=O)n1. The van der Waals surface area contributed by atoms with Crippen LogP contribution < -0.4 is 15.5 Å². The van der Waals surface area contributed by atoms with Crippen LogP contribution in [0.1, 0.15) is 42.6 Å². The number of carbonyl (C=O) groups excluding carboxylic acids is 3. The Morgan fingerprint density at radius 3 is 2.71 bits per heavy atom. The molecule has 14 heteroatoms. The summed E-state index contributed by atoms with van der Waals surface area (Å²) in [6.07, 6.45) is 1.99. The van der Waals surface area contributed by atoms with Crippen molar-refractivity contribution >= 4 is 34.9 Å². The van der Waals surface area contributed by atoms with E-state index in [1.807, 2.05) is 0 Å². The van der Waals surface area contributed by atoms with Crippen LogP contribution >= 0.6 is 0 Å². The highest BCUT2D eigenvalue weighted by Gasteiger charge is 2.49. The van der Waals surface area contributed by atoms with Gasteiger partial charge in [-0.3, -0.25) is 24.0 Å². The number of nitrogens with zero attached hydrogens (tertiary/aromatic N) is 5. The van der Waals surface area contributed by atoms with E-state index < -0.39 is 24.0 Å². The van der Waals surface area contributed by atoms with Crippen molar-refractivity contribution < 1.29 is 32.0 Å². The smallest absolute Gasteiger partial charge is 0.405 e. The molecule has 1 aliphatic carbocycles. The Kier molecular flexibility index (Phi) is 6.41. The first-order valence-electron chi connectivity index (χ1n) is 11.9. The summed E-state index contributed by atoms with van der Waals surface area (Å²) in [5.41, 5.74) is -0.0236. The van der Waals surface area contributed by atoms with Crippen molar-refractivity contribution in [3.8, 4) is 11.5 Å². The molecule has 0 aromatic carbocycles. The monoisotopic (exact) mass is 531 g/mol. The van der Waals surface area contributed by atoms with Crippen molar-refractivity contribution in [3.05, 3.63) is 36.5 Å². The van der Waals surface area contributed by atoms with E-state index in [2.05, 4.69) is 25.7 Å². The Hall–Kier alpha value is -4.23.